The number of ether oxygens (including phenoxy) is 2. The third-order valence-electron chi connectivity index (χ3n) is 3.02. The van der Waals surface area contributed by atoms with Crippen molar-refractivity contribution >= 4 is 23.2 Å². The Morgan fingerprint density at radius 3 is 2.50 bits per heavy atom. The standard InChI is InChI=1S/C16H15ClFNO3/c1-21-14-6-3-10(7-15(14)22-2)8-16(20)19-13-5-4-11(18)9-12(13)17/h3-7,9H,8H2,1-2H3,(H,19,20). The van der Waals surface area contributed by atoms with E-state index in [1.165, 1.54) is 19.2 Å². The Morgan fingerprint density at radius 2 is 1.86 bits per heavy atom. The lowest BCUT2D eigenvalue weighted by Gasteiger charge is -2.10. The van der Waals surface area contributed by atoms with E-state index in [4.69, 9.17) is 21.1 Å². The Hall–Kier alpha value is -2.27. The Balaban J connectivity index is 2.08. The van der Waals surface area contributed by atoms with Crippen LogP contribution in [0.2, 0.25) is 5.02 Å². The molecule has 0 heterocycles. The van der Waals surface area contributed by atoms with Crippen molar-refractivity contribution in [2.24, 2.45) is 0 Å². The highest BCUT2D eigenvalue weighted by molar-refractivity contribution is 6.33. The van der Waals surface area contributed by atoms with Crippen LogP contribution in [0.15, 0.2) is 36.4 Å². The molecule has 1 N–H and O–H groups in total. The van der Waals surface area contributed by atoms with E-state index in [0.717, 1.165) is 11.6 Å². The second-order valence-corrected chi connectivity index (χ2v) is 4.95. The number of carbonyl (C=O) groups excluding carboxylic acids is 1. The summed E-state index contributed by atoms with van der Waals surface area (Å²) in [5.74, 6) is 0.421. The highest BCUT2D eigenvalue weighted by Gasteiger charge is 2.10. The van der Waals surface area contributed by atoms with Gasteiger partial charge in [0, 0.05) is 0 Å². The smallest absolute Gasteiger partial charge is 0.228 e. The number of benzene rings is 2. The number of anilines is 1. The zero-order valence-corrected chi connectivity index (χ0v) is 12.9. The normalized spacial score (nSPS) is 10.2. The molecule has 0 bridgehead atoms. The molecule has 0 saturated heterocycles. The van der Waals surface area contributed by atoms with Gasteiger partial charge in [-0.2, -0.15) is 0 Å². The highest BCUT2D eigenvalue weighted by Crippen LogP contribution is 2.28. The third-order valence-corrected chi connectivity index (χ3v) is 3.33. The van der Waals surface area contributed by atoms with Crippen LogP contribution < -0.4 is 14.8 Å². The third kappa shape index (κ3) is 3.89. The first-order chi connectivity index (χ1) is 10.5. The molecule has 0 radical (unpaired) electrons. The van der Waals surface area contributed by atoms with E-state index in [2.05, 4.69) is 5.32 Å². The molecule has 116 valence electrons. The summed E-state index contributed by atoms with van der Waals surface area (Å²) in [5.41, 5.74) is 1.13. The van der Waals surface area contributed by atoms with Crippen molar-refractivity contribution in [1.29, 1.82) is 0 Å². The van der Waals surface area contributed by atoms with Gasteiger partial charge < -0.3 is 14.8 Å². The molecule has 0 unspecified atom stereocenters. The average Bonchev–Trinajstić information content (AvgIpc) is 2.50. The zero-order valence-electron chi connectivity index (χ0n) is 12.2. The number of methoxy groups -OCH3 is 2. The van der Waals surface area contributed by atoms with Crippen molar-refractivity contribution in [2.45, 2.75) is 6.42 Å². The SMILES string of the molecule is COc1ccc(CC(=O)Nc2ccc(F)cc2Cl)cc1OC. The second-order valence-electron chi connectivity index (χ2n) is 4.54. The molecule has 0 atom stereocenters. The monoisotopic (exact) mass is 323 g/mol. The van der Waals surface area contributed by atoms with E-state index in [1.807, 2.05) is 0 Å². The van der Waals surface area contributed by atoms with Crippen LogP contribution >= 0.6 is 11.6 Å². The van der Waals surface area contributed by atoms with Crippen LogP contribution in [0.5, 0.6) is 11.5 Å². The topological polar surface area (TPSA) is 47.6 Å². The molecule has 0 saturated carbocycles. The molecule has 2 aromatic carbocycles. The Labute approximate surface area is 132 Å². The van der Waals surface area contributed by atoms with Gasteiger partial charge in [-0.05, 0) is 35.9 Å². The zero-order chi connectivity index (χ0) is 16.1. The lowest BCUT2D eigenvalue weighted by molar-refractivity contribution is -0.115. The fourth-order valence-corrected chi connectivity index (χ4v) is 2.18. The van der Waals surface area contributed by atoms with Gasteiger partial charge in [-0.1, -0.05) is 17.7 Å². The average molecular weight is 324 g/mol. The first kappa shape index (κ1) is 16.1. The van der Waals surface area contributed by atoms with Crippen molar-refractivity contribution < 1.29 is 18.7 Å². The van der Waals surface area contributed by atoms with Gasteiger partial charge in [0.05, 0.1) is 31.4 Å². The summed E-state index contributed by atoms with van der Waals surface area (Å²) in [6.07, 6.45) is 0.133. The maximum Gasteiger partial charge on any atom is 0.228 e. The molecule has 0 aliphatic carbocycles. The quantitative estimate of drug-likeness (QED) is 0.913. The number of amides is 1. The summed E-state index contributed by atoms with van der Waals surface area (Å²) in [7, 11) is 3.07. The van der Waals surface area contributed by atoms with Gasteiger partial charge in [0.25, 0.3) is 0 Å². The number of rotatable bonds is 5. The van der Waals surface area contributed by atoms with Gasteiger partial charge in [0.2, 0.25) is 5.91 Å². The van der Waals surface area contributed by atoms with E-state index in [-0.39, 0.29) is 17.4 Å². The summed E-state index contributed by atoms with van der Waals surface area (Å²) in [5, 5.41) is 2.80. The molecule has 0 aromatic heterocycles. The van der Waals surface area contributed by atoms with Crippen LogP contribution in [0.4, 0.5) is 10.1 Å². The minimum absolute atomic E-state index is 0.133. The van der Waals surface area contributed by atoms with Gasteiger partial charge in [-0.3, -0.25) is 4.79 Å². The summed E-state index contributed by atoms with van der Waals surface area (Å²) < 4.78 is 23.3. The van der Waals surface area contributed by atoms with E-state index < -0.39 is 5.82 Å². The van der Waals surface area contributed by atoms with E-state index in [0.29, 0.717) is 17.2 Å². The Kier molecular flexibility index (Phi) is 5.22. The number of hydrogen-bond acceptors (Lipinski definition) is 3. The minimum atomic E-state index is -0.456. The Morgan fingerprint density at radius 1 is 1.14 bits per heavy atom. The lowest BCUT2D eigenvalue weighted by Crippen LogP contribution is -2.14. The van der Waals surface area contributed by atoms with Crippen LogP contribution in [0.25, 0.3) is 0 Å². The first-order valence-corrected chi connectivity index (χ1v) is 6.87. The predicted octanol–water partition coefficient (Wildman–Crippen LogP) is 3.68. The molecule has 4 nitrogen and oxygen atoms in total. The van der Waals surface area contributed by atoms with Crippen molar-refractivity contribution in [2.75, 3.05) is 19.5 Å². The molecule has 6 heteroatoms. The van der Waals surface area contributed by atoms with Gasteiger partial charge >= 0.3 is 0 Å². The van der Waals surface area contributed by atoms with E-state index in [9.17, 15) is 9.18 Å². The molecule has 0 aliphatic heterocycles. The van der Waals surface area contributed by atoms with E-state index in [1.54, 1.807) is 25.3 Å². The fraction of sp³-hybridized carbons (Fsp3) is 0.188. The van der Waals surface area contributed by atoms with Crippen LogP contribution in [0.3, 0.4) is 0 Å². The molecule has 22 heavy (non-hydrogen) atoms. The van der Waals surface area contributed by atoms with Crippen LogP contribution in [-0.2, 0) is 11.2 Å². The Bertz CT molecular complexity index is 691. The molecule has 2 aromatic rings. The second kappa shape index (κ2) is 7.13. The molecule has 0 aliphatic rings. The first-order valence-electron chi connectivity index (χ1n) is 6.49. The van der Waals surface area contributed by atoms with Crippen LogP contribution in [0.1, 0.15) is 5.56 Å². The van der Waals surface area contributed by atoms with Crippen LogP contribution in [-0.4, -0.2) is 20.1 Å². The lowest BCUT2D eigenvalue weighted by atomic mass is 10.1. The summed E-state index contributed by atoms with van der Waals surface area (Å²) in [4.78, 5) is 12.0. The number of halogens is 2. The minimum Gasteiger partial charge on any atom is -0.493 e. The largest absolute Gasteiger partial charge is 0.493 e. The van der Waals surface area contributed by atoms with Crippen molar-refractivity contribution in [3.63, 3.8) is 0 Å². The predicted molar refractivity (Wildman–Crippen MR) is 83.3 cm³/mol. The summed E-state index contributed by atoms with van der Waals surface area (Å²) >= 11 is 5.87. The van der Waals surface area contributed by atoms with Crippen LogP contribution in [0, 0.1) is 5.82 Å². The van der Waals surface area contributed by atoms with Gasteiger partial charge in [0.1, 0.15) is 5.82 Å². The summed E-state index contributed by atoms with van der Waals surface area (Å²) in [6.45, 7) is 0. The summed E-state index contributed by atoms with van der Waals surface area (Å²) in [6, 6.07) is 9.03. The van der Waals surface area contributed by atoms with Gasteiger partial charge in [-0.15, -0.1) is 0 Å². The number of hydrogen-bond donors (Lipinski definition) is 1. The molecule has 0 spiro atoms. The number of carbonyl (C=O) groups is 1. The molecule has 1 amide bonds. The molecule has 0 fully saturated rings. The molecular weight excluding hydrogens is 309 g/mol. The van der Waals surface area contributed by atoms with Gasteiger partial charge in [0.15, 0.2) is 11.5 Å². The molecule has 2 rings (SSSR count). The van der Waals surface area contributed by atoms with Crippen molar-refractivity contribution in [3.8, 4) is 11.5 Å². The fourth-order valence-electron chi connectivity index (χ4n) is 1.96. The molecular formula is C16H15ClFNO3. The maximum atomic E-state index is 13.0. The maximum absolute atomic E-state index is 13.0. The van der Waals surface area contributed by atoms with Crippen molar-refractivity contribution in [3.05, 3.63) is 52.8 Å². The highest BCUT2D eigenvalue weighted by atomic mass is 35.5. The van der Waals surface area contributed by atoms with E-state index >= 15 is 0 Å². The van der Waals surface area contributed by atoms with Crippen molar-refractivity contribution in [1.82, 2.24) is 0 Å². The number of nitrogens with one attached hydrogen (secondary N) is 1. The van der Waals surface area contributed by atoms with Gasteiger partial charge in [-0.25, -0.2) is 4.39 Å².